The quantitative estimate of drug-likeness (QED) is 0.800. The number of rotatable bonds is 7. The van der Waals surface area contributed by atoms with E-state index in [1.165, 1.54) is 5.56 Å². The number of nitrogens with zero attached hydrogens (tertiary/aromatic N) is 1. The van der Waals surface area contributed by atoms with Crippen LogP contribution in [0.4, 0.5) is 0 Å². The lowest BCUT2D eigenvalue weighted by molar-refractivity contribution is 0.0464. The zero-order valence-corrected chi connectivity index (χ0v) is 12.2. The van der Waals surface area contributed by atoms with Gasteiger partial charge in [-0.25, -0.2) is 0 Å². The number of hydrogen-bond donors (Lipinski definition) is 1. The van der Waals surface area contributed by atoms with Gasteiger partial charge in [-0.3, -0.25) is 4.90 Å². The largest absolute Gasteiger partial charge is 0.392 e. The van der Waals surface area contributed by atoms with Gasteiger partial charge in [0, 0.05) is 18.6 Å². The average Bonchev–Trinajstić information content (AvgIpc) is 2.29. The highest BCUT2D eigenvalue weighted by Gasteiger charge is 2.26. The fourth-order valence-electron chi connectivity index (χ4n) is 2.42. The summed E-state index contributed by atoms with van der Waals surface area (Å²) in [6.45, 7) is 10.2. The first-order valence-corrected chi connectivity index (χ1v) is 6.92. The molecule has 1 unspecified atom stereocenters. The normalized spacial score (nSPS) is 13.9. The molecular weight excluding hydrogens is 222 g/mol. The first-order valence-electron chi connectivity index (χ1n) is 6.92. The molecule has 0 radical (unpaired) electrons. The van der Waals surface area contributed by atoms with Crippen LogP contribution in [0, 0.1) is 0 Å². The molecule has 1 N–H and O–H groups in total. The van der Waals surface area contributed by atoms with Crippen LogP contribution in [0.25, 0.3) is 0 Å². The Labute approximate surface area is 112 Å². The van der Waals surface area contributed by atoms with E-state index in [1.807, 2.05) is 13.0 Å². The molecule has 0 fully saturated rings. The van der Waals surface area contributed by atoms with Gasteiger partial charge in [0.2, 0.25) is 0 Å². The van der Waals surface area contributed by atoms with Gasteiger partial charge in [0.15, 0.2) is 0 Å². The van der Waals surface area contributed by atoms with Crippen molar-refractivity contribution in [3.63, 3.8) is 0 Å². The summed E-state index contributed by atoms with van der Waals surface area (Å²) >= 11 is 0. The Balaban J connectivity index is 2.78. The van der Waals surface area contributed by atoms with Crippen molar-refractivity contribution in [3.05, 3.63) is 35.9 Å². The molecule has 2 heteroatoms. The lowest BCUT2D eigenvalue weighted by atomic mass is 9.95. The molecular formula is C16H27NO. The number of aliphatic hydroxyl groups excluding tert-OH is 1. The minimum atomic E-state index is -0.287. The first-order chi connectivity index (χ1) is 8.45. The molecule has 0 aliphatic carbocycles. The molecule has 0 aromatic heterocycles. The number of β-amino-alcohol motifs (C(OH)–C–C–N with tert-alkyl or cyclic N) is 1. The van der Waals surface area contributed by atoms with E-state index in [1.54, 1.807) is 0 Å². The van der Waals surface area contributed by atoms with Crippen molar-refractivity contribution >= 4 is 0 Å². The maximum Gasteiger partial charge on any atom is 0.0639 e. The predicted octanol–water partition coefficient (Wildman–Crippen LogP) is 3.45. The van der Waals surface area contributed by atoms with Crippen LogP contribution in [0.1, 0.15) is 46.1 Å². The van der Waals surface area contributed by atoms with Crippen molar-refractivity contribution in [2.24, 2.45) is 0 Å². The molecule has 2 nitrogen and oxygen atoms in total. The van der Waals surface area contributed by atoms with Crippen LogP contribution >= 0.6 is 0 Å². The molecule has 0 aliphatic heterocycles. The van der Waals surface area contributed by atoms with Crippen LogP contribution in [0.5, 0.6) is 0 Å². The summed E-state index contributed by atoms with van der Waals surface area (Å²) < 4.78 is 0. The molecule has 1 rings (SSSR count). The van der Waals surface area contributed by atoms with Crippen molar-refractivity contribution in [1.82, 2.24) is 4.90 Å². The highest BCUT2D eigenvalue weighted by atomic mass is 16.3. The highest BCUT2D eigenvalue weighted by molar-refractivity contribution is 5.15. The topological polar surface area (TPSA) is 23.5 Å². The lowest BCUT2D eigenvalue weighted by Crippen LogP contribution is -2.46. The summed E-state index contributed by atoms with van der Waals surface area (Å²) in [5, 5.41) is 9.69. The van der Waals surface area contributed by atoms with Gasteiger partial charge in [-0.2, -0.15) is 0 Å². The molecule has 0 spiro atoms. The van der Waals surface area contributed by atoms with E-state index in [0.717, 1.165) is 25.9 Å². The minimum absolute atomic E-state index is 0.127. The van der Waals surface area contributed by atoms with Gasteiger partial charge < -0.3 is 5.11 Å². The molecule has 0 amide bonds. The molecule has 0 saturated heterocycles. The Bertz CT molecular complexity index is 332. The third kappa shape index (κ3) is 4.79. The Morgan fingerprint density at radius 2 is 1.83 bits per heavy atom. The van der Waals surface area contributed by atoms with Crippen LogP contribution in [0.3, 0.4) is 0 Å². The highest BCUT2D eigenvalue weighted by Crippen LogP contribution is 2.23. The Morgan fingerprint density at radius 3 is 2.33 bits per heavy atom. The molecule has 1 atom stereocenters. The van der Waals surface area contributed by atoms with Crippen molar-refractivity contribution in [3.8, 4) is 0 Å². The monoisotopic (exact) mass is 249 g/mol. The third-order valence-electron chi connectivity index (χ3n) is 3.42. The smallest absolute Gasteiger partial charge is 0.0639 e. The predicted molar refractivity (Wildman–Crippen MR) is 77.5 cm³/mol. The summed E-state index contributed by atoms with van der Waals surface area (Å²) in [6, 6.07) is 10.5. The standard InChI is InChI=1S/C16H27NO/c1-5-11-16(3,4)17(12-14(2)18)13-15-9-7-6-8-10-15/h6-10,14,18H,5,11-13H2,1-4H3. The minimum Gasteiger partial charge on any atom is -0.392 e. The van der Waals surface area contributed by atoms with Gasteiger partial charge in [0.05, 0.1) is 6.10 Å². The first kappa shape index (κ1) is 15.2. The number of hydrogen-bond acceptors (Lipinski definition) is 2. The Morgan fingerprint density at radius 1 is 1.22 bits per heavy atom. The van der Waals surface area contributed by atoms with E-state index in [-0.39, 0.29) is 11.6 Å². The van der Waals surface area contributed by atoms with Gasteiger partial charge in [-0.15, -0.1) is 0 Å². The Kier molecular flexibility index (Phi) is 5.83. The Hall–Kier alpha value is -0.860. The zero-order chi connectivity index (χ0) is 13.6. The van der Waals surface area contributed by atoms with Crippen LogP contribution in [0.15, 0.2) is 30.3 Å². The fraction of sp³-hybridized carbons (Fsp3) is 0.625. The average molecular weight is 249 g/mol. The summed E-state index contributed by atoms with van der Waals surface area (Å²) in [6.07, 6.45) is 2.02. The fourth-order valence-corrected chi connectivity index (χ4v) is 2.42. The molecule has 0 saturated carbocycles. The summed E-state index contributed by atoms with van der Waals surface area (Å²) in [4.78, 5) is 2.39. The summed E-state index contributed by atoms with van der Waals surface area (Å²) in [5.41, 5.74) is 1.43. The van der Waals surface area contributed by atoms with Crippen LogP contribution in [-0.2, 0) is 6.54 Å². The molecule has 0 bridgehead atoms. The summed E-state index contributed by atoms with van der Waals surface area (Å²) in [5.74, 6) is 0. The van der Waals surface area contributed by atoms with E-state index in [2.05, 4.69) is 49.9 Å². The van der Waals surface area contributed by atoms with Crippen molar-refractivity contribution in [1.29, 1.82) is 0 Å². The van der Waals surface area contributed by atoms with E-state index >= 15 is 0 Å². The molecule has 102 valence electrons. The maximum absolute atomic E-state index is 9.69. The maximum atomic E-state index is 9.69. The van der Waals surface area contributed by atoms with Gasteiger partial charge in [0.1, 0.15) is 0 Å². The second-order valence-electron chi connectivity index (χ2n) is 5.78. The molecule has 0 aliphatic rings. The second-order valence-corrected chi connectivity index (χ2v) is 5.78. The van der Waals surface area contributed by atoms with Gasteiger partial charge in [-0.1, -0.05) is 43.7 Å². The summed E-state index contributed by atoms with van der Waals surface area (Å²) in [7, 11) is 0. The van der Waals surface area contributed by atoms with Crippen molar-refractivity contribution in [2.75, 3.05) is 6.54 Å². The van der Waals surface area contributed by atoms with Crippen LogP contribution in [0.2, 0.25) is 0 Å². The van der Waals surface area contributed by atoms with Gasteiger partial charge >= 0.3 is 0 Å². The zero-order valence-electron chi connectivity index (χ0n) is 12.2. The van der Waals surface area contributed by atoms with E-state index in [0.29, 0.717) is 0 Å². The van der Waals surface area contributed by atoms with E-state index < -0.39 is 0 Å². The van der Waals surface area contributed by atoms with Crippen LogP contribution < -0.4 is 0 Å². The van der Waals surface area contributed by atoms with Crippen molar-refractivity contribution in [2.45, 2.75) is 58.7 Å². The van der Waals surface area contributed by atoms with E-state index in [4.69, 9.17) is 0 Å². The molecule has 1 aromatic rings. The third-order valence-corrected chi connectivity index (χ3v) is 3.42. The van der Waals surface area contributed by atoms with Crippen molar-refractivity contribution < 1.29 is 5.11 Å². The number of aliphatic hydroxyl groups is 1. The number of benzene rings is 1. The van der Waals surface area contributed by atoms with E-state index in [9.17, 15) is 5.11 Å². The van der Waals surface area contributed by atoms with Gasteiger partial charge in [0.25, 0.3) is 0 Å². The van der Waals surface area contributed by atoms with Gasteiger partial charge in [-0.05, 0) is 32.8 Å². The van der Waals surface area contributed by atoms with Crippen LogP contribution in [-0.4, -0.2) is 28.2 Å². The molecule has 0 heterocycles. The second kappa shape index (κ2) is 6.91. The lowest BCUT2D eigenvalue weighted by Gasteiger charge is -2.39. The molecule has 18 heavy (non-hydrogen) atoms. The molecule has 1 aromatic carbocycles. The SMILES string of the molecule is CCCC(C)(C)N(Cc1ccccc1)CC(C)O.